The van der Waals surface area contributed by atoms with Crippen molar-refractivity contribution in [2.75, 3.05) is 19.8 Å². The molecule has 20 heavy (non-hydrogen) atoms. The van der Waals surface area contributed by atoms with Crippen molar-refractivity contribution in [2.45, 2.75) is 12.3 Å². The summed E-state index contributed by atoms with van der Waals surface area (Å²) in [7, 11) is 0. The average Bonchev–Trinajstić information content (AvgIpc) is 3.27. The van der Waals surface area contributed by atoms with Gasteiger partial charge in [-0.15, -0.1) is 0 Å². The molecule has 1 heterocycles. The van der Waals surface area contributed by atoms with Crippen LogP contribution < -0.4 is 5.32 Å². The summed E-state index contributed by atoms with van der Waals surface area (Å²) >= 11 is 6.15. The van der Waals surface area contributed by atoms with Crippen molar-refractivity contribution in [3.05, 3.63) is 46.9 Å². The molecular weight excluding hydrogens is 278 g/mol. The number of carbonyl (C=O) groups is 1. The lowest BCUT2D eigenvalue weighted by atomic mass is 10.1. The normalized spacial score (nSPS) is 24.1. The molecule has 4 nitrogen and oxygen atoms in total. The molecule has 1 saturated carbocycles. The van der Waals surface area contributed by atoms with Crippen LogP contribution in [0, 0.1) is 5.92 Å². The molecule has 1 aromatic carbocycles. The standard InChI is InChI=1S/C15H16ClNO3/c16-14-4-2-1-3-11(14)12-7-13(12)15(18)17-8-10-9-19-5-6-20-10/h1-4,9,12-13H,5-8H2,(H,17,18)/t12-,13+/m1/s1. The monoisotopic (exact) mass is 293 g/mol. The molecule has 106 valence electrons. The number of carbonyl (C=O) groups excluding carboxylic acids is 1. The fraction of sp³-hybridized carbons (Fsp3) is 0.400. The molecule has 1 N–H and O–H groups in total. The van der Waals surface area contributed by atoms with Gasteiger partial charge in [0.05, 0.1) is 6.54 Å². The Morgan fingerprint density at radius 3 is 2.95 bits per heavy atom. The molecule has 0 spiro atoms. The molecular formula is C15H16ClNO3. The summed E-state index contributed by atoms with van der Waals surface area (Å²) in [6, 6.07) is 7.70. The summed E-state index contributed by atoms with van der Waals surface area (Å²) in [6.45, 7) is 1.48. The van der Waals surface area contributed by atoms with Gasteiger partial charge in [0.15, 0.2) is 0 Å². The molecule has 0 unspecified atom stereocenters. The van der Waals surface area contributed by atoms with Crippen molar-refractivity contribution in [1.82, 2.24) is 5.32 Å². The van der Waals surface area contributed by atoms with Crippen molar-refractivity contribution in [1.29, 1.82) is 0 Å². The van der Waals surface area contributed by atoms with E-state index in [1.807, 2.05) is 24.3 Å². The van der Waals surface area contributed by atoms with E-state index < -0.39 is 0 Å². The van der Waals surface area contributed by atoms with Crippen LogP contribution in [0.5, 0.6) is 0 Å². The maximum absolute atomic E-state index is 12.1. The molecule has 5 heteroatoms. The van der Waals surface area contributed by atoms with E-state index in [1.165, 1.54) is 0 Å². The highest BCUT2D eigenvalue weighted by atomic mass is 35.5. The molecule has 0 bridgehead atoms. The number of benzene rings is 1. The minimum absolute atomic E-state index is 0.0139. The lowest BCUT2D eigenvalue weighted by Crippen LogP contribution is -2.29. The third-order valence-electron chi connectivity index (χ3n) is 3.57. The first kappa shape index (κ1) is 13.3. The fourth-order valence-corrected chi connectivity index (χ4v) is 2.68. The van der Waals surface area contributed by atoms with E-state index in [1.54, 1.807) is 6.26 Å². The summed E-state index contributed by atoms with van der Waals surface area (Å²) in [5, 5.41) is 3.61. The second kappa shape index (κ2) is 5.75. The summed E-state index contributed by atoms with van der Waals surface area (Å²) in [5.41, 5.74) is 1.06. The van der Waals surface area contributed by atoms with E-state index in [0.29, 0.717) is 25.5 Å². The maximum atomic E-state index is 12.1. The van der Waals surface area contributed by atoms with Crippen molar-refractivity contribution >= 4 is 17.5 Å². The first-order chi connectivity index (χ1) is 9.75. The molecule has 3 rings (SSSR count). The Morgan fingerprint density at radius 2 is 2.20 bits per heavy atom. The highest BCUT2D eigenvalue weighted by Gasteiger charge is 2.44. The third-order valence-corrected chi connectivity index (χ3v) is 3.92. The molecule has 1 aliphatic carbocycles. The van der Waals surface area contributed by atoms with Gasteiger partial charge in [-0.1, -0.05) is 29.8 Å². The average molecular weight is 294 g/mol. The minimum Gasteiger partial charge on any atom is -0.494 e. The largest absolute Gasteiger partial charge is 0.494 e. The first-order valence-electron chi connectivity index (χ1n) is 6.71. The van der Waals surface area contributed by atoms with Gasteiger partial charge in [-0.3, -0.25) is 4.79 Å². The lowest BCUT2D eigenvalue weighted by Gasteiger charge is -2.15. The number of hydrogen-bond donors (Lipinski definition) is 1. The number of nitrogens with one attached hydrogen (secondary N) is 1. The Hall–Kier alpha value is -1.68. The van der Waals surface area contributed by atoms with E-state index in [2.05, 4.69) is 5.32 Å². The Morgan fingerprint density at radius 1 is 1.35 bits per heavy atom. The lowest BCUT2D eigenvalue weighted by molar-refractivity contribution is -0.122. The predicted molar refractivity (Wildman–Crippen MR) is 75.3 cm³/mol. The van der Waals surface area contributed by atoms with Gasteiger partial charge >= 0.3 is 0 Å². The van der Waals surface area contributed by atoms with Crippen molar-refractivity contribution < 1.29 is 14.3 Å². The van der Waals surface area contributed by atoms with E-state index in [-0.39, 0.29) is 17.7 Å². The molecule has 1 fully saturated rings. The summed E-state index contributed by atoms with van der Waals surface area (Å²) < 4.78 is 10.5. The van der Waals surface area contributed by atoms with Crippen molar-refractivity contribution in [3.8, 4) is 0 Å². The number of ether oxygens (including phenoxy) is 2. The van der Waals surface area contributed by atoms with Crippen LogP contribution in [0.4, 0.5) is 0 Å². The third kappa shape index (κ3) is 2.90. The zero-order valence-electron chi connectivity index (χ0n) is 11.0. The van der Waals surface area contributed by atoms with Crippen LogP contribution in [-0.2, 0) is 14.3 Å². The quantitative estimate of drug-likeness (QED) is 0.927. The highest BCUT2D eigenvalue weighted by Crippen LogP contribution is 2.49. The van der Waals surface area contributed by atoms with E-state index in [0.717, 1.165) is 17.0 Å². The SMILES string of the molecule is O=C(NCC1=COCCO1)[C@H]1C[C@@H]1c1ccccc1Cl. The van der Waals surface area contributed by atoms with Gasteiger partial charge < -0.3 is 14.8 Å². The summed E-state index contributed by atoms with van der Waals surface area (Å²) in [5.74, 6) is 0.964. The highest BCUT2D eigenvalue weighted by molar-refractivity contribution is 6.31. The summed E-state index contributed by atoms with van der Waals surface area (Å²) in [4.78, 5) is 12.1. The van der Waals surface area contributed by atoms with Gasteiger partial charge in [-0.05, 0) is 24.0 Å². The number of amides is 1. The second-order valence-electron chi connectivity index (χ2n) is 4.99. The predicted octanol–water partition coefficient (Wildman–Crippen LogP) is 2.45. The molecule has 1 aromatic rings. The van der Waals surface area contributed by atoms with Crippen LogP contribution >= 0.6 is 11.6 Å². The number of rotatable bonds is 4. The van der Waals surface area contributed by atoms with Gasteiger partial charge in [-0.25, -0.2) is 0 Å². The zero-order valence-corrected chi connectivity index (χ0v) is 11.7. The number of halogens is 1. The Kier molecular flexibility index (Phi) is 3.83. The van der Waals surface area contributed by atoms with Gasteiger partial charge in [0, 0.05) is 10.9 Å². The van der Waals surface area contributed by atoms with Crippen LogP contribution in [-0.4, -0.2) is 25.7 Å². The van der Waals surface area contributed by atoms with E-state index in [4.69, 9.17) is 21.1 Å². The molecule has 0 saturated heterocycles. The smallest absolute Gasteiger partial charge is 0.224 e. The van der Waals surface area contributed by atoms with Crippen molar-refractivity contribution in [3.63, 3.8) is 0 Å². The van der Waals surface area contributed by atoms with Crippen LogP contribution in [0.2, 0.25) is 5.02 Å². The zero-order chi connectivity index (χ0) is 13.9. The van der Waals surface area contributed by atoms with Gasteiger partial charge in [0.25, 0.3) is 0 Å². The molecule has 2 atom stereocenters. The van der Waals surface area contributed by atoms with Gasteiger partial charge in [-0.2, -0.15) is 0 Å². The molecule has 1 aliphatic heterocycles. The Bertz CT molecular complexity index is 544. The maximum Gasteiger partial charge on any atom is 0.224 e. The topological polar surface area (TPSA) is 47.6 Å². The molecule has 1 amide bonds. The summed E-state index contributed by atoms with van der Waals surface area (Å²) in [6.07, 6.45) is 2.41. The minimum atomic E-state index is 0.0139. The first-order valence-corrected chi connectivity index (χ1v) is 7.09. The fourth-order valence-electron chi connectivity index (χ4n) is 2.41. The van der Waals surface area contributed by atoms with Crippen LogP contribution in [0.25, 0.3) is 0 Å². The van der Waals surface area contributed by atoms with Crippen LogP contribution in [0.3, 0.4) is 0 Å². The van der Waals surface area contributed by atoms with E-state index >= 15 is 0 Å². The van der Waals surface area contributed by atoms with Crippen LogP contribution in [0.15, 0.2) is 36.3 Å². The molecule has 0 radical (unpaired) electrons. The second-order valence-corrected chi connectivity index (χ2v) is 5.40. The Balaban J connectivity index is 1.53. The van der Waals surface area contributed by atoms with Crippen molar-refractivity contribution in [2.24, 2.45) is 5.92 Å². The van der Waals surface area contributed by atoms with Gasteiger partial charge in [0.2, 0.25) is 5.91 Å². The van der Waals surface area contributed by atoms with Crippen LogP contribution in [0.1, 0.15) is 17.9 Å². The molecule has 2 aliphatic rings. The number of hydrogen-bond acceptors (Lipinski definition) is 3. The van der Waals surface area contributed by atoms with Gasteiger partial charge in [0.1, 0.15) is 25.2 Å². The van der Waals surface area contributed by atoms with E-state index in [9.17, 15) is 4.79 Å². The Labute approximate surface area is 122 Å². The molecule has 0 aromatic heterocycles.